The van der Waals surface area contributed by atoms with Crippen LogP contribution < -0.4 is 5.73 Å². The molecule has 0 unspecified atom stereocenters. The Balaban J connectivity index is 1.88. The van der Waals surface area contributed by atoms with Crippen molar-refractivity contribution in [3.8, 4) is 0 Å². The van der Waals surface area contributed by atoms with Gasteiger partial charge in [-0.1, -0.05) is 13.8 Å². The van der Waals surface area contributed by atoms with E-state index in [4.69, 9.17) is 5.73 Å². The number of aromatic nitrogens is 1. The van der Waals surface area contributed by atoms with Crippen molar-refractivity contribution in [2.24, 2.45) is 0 Å². The Kier molecular flexibility index (Phi) is 4.76. The van der Waals surface area contributed by atoms with Gasteiger partial charge in [-0.3, -0.25) is 9.69 Å². The molecule has 1 aliphatic heterocycles. The SMILES string of the molecule is CCCN(CCC)C(=O)CN1Cc2nc(N)sc2C1. The number of hydrogen-bond acceptors (Lipinski definition) is 5. The number of nitrogens with zero attached hydrogens (tertiary/aromatic N) is 3. The average Bonchev–Trinajstić information content (AvgIpc) is 2.85. The van der Waals surface area contributed by atoms with Gasteiger partial charge < -0.3 is 10.6 Å². The second-order valence-corrected chi connectivity index (χ2v) is 6.06. The molecule has 0 aliphatic carbocycles. The highest BCUT2D eigenvalue weighted by atomic mass is 32.1. The van der Waals surface area contributed by atoms with E-state index in [2.05, 4.69) is 23.7 Å². The van der Waals surface area contributed by atoms with Gasteiger partial charge in [0, 0.05) is 31.1 Å². The molecular formula is C13H22N4OS. The van der Waals surface area contributed by atoms with Crippen LogP contribution in [0.3, 0.4) is 0 Å². The molecule has 0 atom stereocenters. The molecular weight excluding hydrogens is 260 g/mol. The van der Waals surface area contributed by atoms with Crippen LogP contribution in [-0.4, -0.2) is 40.3 Å². The number of nitrogens with two attached hydrogens (primary N) is 1. The van der Waals surface area contributed by atoms with Gasteiger partial charge in [0.2, 0.25) is 5.91 Å². The number of anilines is 1. The van der Waals surface area contributed by atoms with Crippen molar-refractivity contribution in [3.05, 3.63) is 10.6 Å². The molecule has 2 heterocycles. The second kappa shape index (κ2) is 6.34. The van der Waals surface area contributed by atoms with E-state index in [1.165, 1.54) is 16.2 Å². The smallest absolute Gasteiger partial charge is 0.236 e. The number of thiazole rings is 1. The second-order valence-electron chi connectivity index (χ2n) is 4.95. The minimum Gasteiger partial charge on any atom is -0.375 e. The summed E-state index contributed by atoms with van der Waals surface area (Å²) in [6.07, 6.45) is 2.02. The van der Waals surface area contributed by atoms with Crippen molar-refractivity contribution < 1.29 is 4.79 Å². The van der Waals surface area contributed by atoms with E-state index < -0.39 is 0 Å². The largest absolute Gasteiger partial charge is 0.375 e. The molecule has 0 saturated carbocycles. The lowest BCUT2D eigenvalue weighted by Crippen LogP contribution is -2.39. The molecule has 106 valence electrons. The van der Waals surface area contributed by atoms with Crippen LogP contribution in [-0.2, 0) is 17.9 Å². The molecule has 0 aromatic carbocycles. The van der Waals surface area contributed by atoms with Gasteiger partial charge >= 0.3 is 0 Å². The molecule has 0 spiro atoms. The highest BCUT2D eigenvalue weighted by molar-refractivity contribution is 7.15. The van der Waals surface area contributed by atoms with Gasteiger partial charge in [-0.25, -0.2) is 4.98 Å². The lowest BCUT2D eigenvalue weighted by molar-refractivity contribution is -0.132. The summed E-state index contributed by atoms with van der Waals surface area (Å²) in [5.41, 5.74) is 6.73. The number of carbonyl (C=O) groups is 1. The minimum atomic E-state index is 0.229. The zero-order valence-corrected chi connectivity index (χ0v) is 12.5. The minimum absolute atomic E-state index is 0.229. The fourth-order valence-corrected chi connectivity index (χ4v) is 3.31. The molecule has 0 radical (unpaired) electrons. The number of amides is 1. The van der Waals surface area contributed by atoms with Crippen molar-refractivity contribution in [2.45, 2.75) is 39.8 Å². The van der Waals surface area contributed by atoms with E-state index in [9.17, 15) is 4.79 Å². The summed E-state index contributed by atoms with van der Waals surface area (Å²) in [6.45, 7) is 7.97. The topological polar surface area (TPSA) is 62.5 Å². The van der Waals surface area contributed by atoms with Gasteiger partial charge in [0.15, 0.2) is 5.13 Å². The quantitative estimate of drug-likeness (QED) is 0.862. The predicted octanol–water partition coefficient (Wildman–Crippen LogP) is 1.69. The maximum absolute atomic E-state index is 12.3. The number of carbonyl (C=O) groups excluding carboxylic acids is 1. The van der Waals surface area contributed by atoms with Crippen LogP contribution in [0.1, 0.15) is 37.3 Å². The van der Waals surface area contributed by atoms with Crippen LogP contribution in [0.15, 0.2) is 0 Å². The van der Waals surface area contributed by atoms with Crippen LogP contribution in [0.25, 0.3) is 0 Å². The summed E-state index contributed by atoms with van der Waals surface area (Å²) in [6, 6.07) is 0. The fraction of sp³-hybridized carbons (Fsp3) is 0.692. The first-order chi connectivity index (χ1) is 9.13. The average molecular weight is 282 g/mol. The van der Waals surface area contributed by atoms with Crippen LogP contribution in [0.4, 0.5) is 5.13 Å². The summed E-state index contributed by atoms with van der Waals surface area (Å²) < 4.78 is 0. The first kappa shape index (κ1) is 14.3. The van der Waals surface area contributed by atoms with E-state index in [0.717, 1.165) is 44.7 Å². The van der Waals surface area contributed by atoms with Crippen LogP contribution >= 0.6 is 11.3 Å². The summed E-state index contributed by atoms with van der Waals surface area (Å²) in [5, 5.41) is 0.634. The Bertz CT molecular complexity index is 416. The molecule has 0 bridgehead atoms. The third kappa shape index (κ3) is 3.45. The van der Waals surface area contributed by atoms with Crippen molar-refractivity contribution >= 4 is 22.4 Å². The third-order valence-corrected chi connectivity index (χ3v) is 4.15. The van der Waals surface area contributed by atoms with E-state index in [0.29, 0.717) is 11.7 Å². The first-order valence-electron chi connectivity index (χ1n) is 6.88. The highest BCUT2D eigenvalue weighted by Crippen LogP contribution is 2.29. The molecule has 19 heavy (non-hydrogen) atoms. The summed E-state index contributed by atoms with van der Waals surface area (Å²) >= 11 is 1.54. The van der Waals surface area contributed by atoms with E-state index in [1.54, 1.807) is 0 Å². The maximum atomic E-state index is 12.3. The molecule has 0 fully saturated rings. The molecule has 2 N–H and O–H groups in total. The van der Waals surface area contributed by atoms with Gasteiger partial charge in [-0.2, -0.15) is 0 Å². The summed E-state index contributed by atoms with van der Waals surface area (Å²) in [7, 11) is 0. The molecule has 6 heteroatoms. The van der Waals surface area contributed by atoms with E-state index in [-0.39, 0.29) is 5.91 Å². The van der Waals surface area contributed by atoms with Crippen LogP contribution in [0.2, 0.25) is 0 Å². The molecule has 0 saturated heterocycles. The monoisotopic (exact) mass is 282 g/mol. The molecule has 1 amide bonds. The molecule has 2 rings (SSSR count). The van der Waals surface area contributed by atoms with Gasteiger partial charge in [-0.15, -0.1) is 11.3 Å². The van der Waals surface area contributed by atoms with Crippen molar-refractivity contribution in [1.29, 1.82) is 0 Å². The van der Waals surface area contributed by atoms with Gasteiger partial charge in [-0.05, 0) is 12.8 Å². The Morgan fingerprint density at radius 1 is 1.37 bits per heavy atom. The molecule has 1 aliphatic rings. The van der Waals surface area contributed by atoms with Crippen molar-refractivity contribution in [2.75, 3.05) is 25.4 Å². The van der Waals surface area contributed by atoms with Gasteiger partial charge in [0.25, 0.3) is 0 Å². The predicted molar refractivity (Wildman–Crippen MR) is 77.8 cm³/mol. The standard InChI is InChI=1S/C13H22N4OS/c1-3-5-17(6-4-2)12(18)9-16-7-10-11(8-16)19-13(14)15-10/h3-9H2,1-2H3,(H2,14,15). The van der Waals surface area contributed by atoms with Gasteiger partial charge in [0.1, 0.15) is 0 Å². The molecule has 5 nitrogen and oxygen atoms in total. The summed E-state index contributed by atoms with van der Waals surface area (Å²) in [5.74, 6) is 0.229. The first-order valence-corrected chi connectivity index (χ1v) is 7.69. The highest BCUT2D eigenvalue weighted by Gasteiger charge is 2.25. The third-order valence-electron chi connectivity index (χ3n) is 3.23. The Morgan fingerprint density at radius 3 is 2.63 bits per heavy atom. The summed E-state index contributed by atoms with van der Waals surface area (Å²) in [4.78, 5) is 21.9. The van der Waals surface area contributed by atoms with Gasteiger partial charge in [0.05, 0.1) is 12.2 Å². The Labute approximate surface area is 118 Å². The fourth-order valence-electron chi connectivity index (χ4n) is 2.43. The Hall–Kier alpha value is -1.14. The lowest BCUT2D eigenvalue weighted by Gasteiger charge is -2.24. The number of fused-ring (bicyclic) bond motifs is 1. The lowest BCUT2D eigenvalue weighted by atomic mass is 10.3. The Morgan fingerprint density at radius 2 is 2.05 bits per heavy atom. The van der Waals surface area contributed by atoms with Crippen LogP contribution in [0.5, 0.6) is 0 Å². The zero-order chi connectivity index (χ0) is 13.8. The van der Waals surface area contributed by atoms with E-state index >= 15 is 0 Å². The number of nitrogen functional groups attached to an aromatic ring is 1. The zero-order valence-electron chi connectivity index (χ0n) is 11.7. The maximum Gasteiger partial charge on any atom is 0.236 e. The molecule has 1 aromatic heterocycles. The normalized spacial score (nSPS) is 14.6. The van der Waals surface area contributed by atoms with Crippen molar-refractivity contribution in [1.82, 2.24) is 14.8 Å². The van der Waals surface area contributed by atoms with Crippen molar-refractivity contribution in [3.63, 3.8) is 0 Å². The number of rotatable bonds is 6. The molecule has 1 aromatic rings. The number of hydrogen-bond donors (Lipinski definition) is 1. The van der Waals surface area contributed by atoms with E-state index in [1.807, 2.05) is 4.90 Å². The van der Waals surface area contributed by atoms with Crippen LogP contribution in [0, 0.1) is 0 Å².